The lowest BCUT2D eigenvalue weighted by Crippen LogP contribution is -2.54. The molecule has 5 heteroatoms. The van der Waals surface area contributed by atoms with E-state index in [4.69, 9.17) is 16.3 Å². The lowest BCUT2D eigenvalue weighted by atomic mass is 10.1. The van der Waals surface area contributed by atoms with Crippen LogP contribution in [0.2, 0.25) is 0 Å². The molecule has 1 unspecified atom stereocenters. The number of aromatic nitrogens is 1. The van der Waals surface area contributed by atoms with Gasteiger partial charge in [-0.25, -0.2) is 0 Å². The second kappa shape index (κ2) is 6.07. The summed E-state index contributed by atoms with van der Waals surface area (Å²) in [4.78, 5) is 14.0. The largest absolute Gasteiger partial charge is 0.368 e. The van der Waals surface area contributed by atoms with Gasteiger partial charge >= 0.3 is 0 Å². The fourth-order valence-electron chi connectivity index (χ4n) is 2.56. The van der Waals surface area contributed by atoms with E-state index in [1.807, 2.05) is 12.3 Å². The van der Waals surface area contributed by atoms with Crippen molar-refractivity contribution in [2.24, 2.45) is 0 Å². The van der Waals surface area contributed by atoms with Gasteiger partial charge in [0, 0.05) is 44.3 Å². The molecular weight excluding hydrogens is 264 g/mol. The zero-order chi connectivity index (χ0) is 13.9. The highest BCUT2D eigenvalue weighted by Crippen LogP contribution is 2.21. The van der Waals surface area contributed by atoms with E-state index in [0.717, 1.165) is 19.6 Å². The quantitative estimate of drug-likeness (QED) is 0.787. The number of hydrogen-bond acceptors (Lipinski definition) is 3. The number of nitrogens with zero attached hydrogens (tertiary/aromatic N) is 2. The molecular formula is C14H21ClN2O2. The van der Waals surface area contributed by atoms with Gasteiger partial charge < -0.3 is 9.30 Å². The third kappa shape index (κ3) is 4.06. The molecule has 0 saturated carbocycles. The van der Waals surface area contributed by atoms with Gasteiger partial charge in [-0.3, -0.25) is 9.69 Å². The molecule has 106 valence electrons. The topological polar surface area (TPSA) is 34.5 Å². The number of ether oxygens (including phenoxy) is 1. The first-order valence-electron chi connectivity index (χ1n) is 6.62. The van der Waals surface area contributed by atoms with Gasteiger partial charge in [0.1, 0.15) is 0 Å². The fraction of sp³-hybridized carbons (Fsp3) is 0.643. The van der Waals surface area contributed by atoms with Crippen molar-refractivity contribution in [3.05, 3.63) is 34.7 Å². The minimum absolute atomic E-state index is 0.0453. The van der Waals surface area contributed by atoms with Gasteiger partial charge in [0.25, 0.3) is 5.56 Å². The van der Waals surface area contributed by atoms with Crippen LogP contribution in [-0.2, 0) is 11.3 Å². The molecule has 0 N–H and O–H groups in total. The monoisotopic (exact) mass is 284 g/mol. The van der Waals surface area contributed by atoms with E-state index in [9.17, 15) is 4.79 Å². The molecule has 2 heterocycles. The maximum Gasteiger partial charge on any atom is 0.250 e. The normalized spacial score (nSPS) is 23.4. The van der Waals surface area contributed by atoms with Gasteiger partial charge in [0.2, 0.25) is 0 Å². The molecule has 0 radical (unpaired) electrons. The Kier molecular flexibility index (Phi) is 4.66. The lowest BCUT2D eigenvalue weighted by molar-refractivity contribution is -0.127. The van der Waals surface area contributed by atoms with E-state index < -0.39 is 0 Å². The molecule has 1 saturated heterocycles. The SMILES string of the molecule is CC1(C)CN(CCn2ccccc2=O)CC(CCl)O1. The van der Waals surface area contributed by atoms with E-state index in [1.54, 1.807) is 16.7 Å². The molecule has 0 amide bonds. The zero-order valence-corrected chi connectivity index (χ0v) is 12.3. The van der Waals surface area contributed by atoms with Crippen LogP contribution in [0.5, 0.6) is 0 Å². The summed E-state index contributed by atoms with van der Waals surface area (Å²) in [5.41, 5.74) is -0.136. The van der Waals surface area contributed by atoms with Crippen LogP contribution in [0, 0.1) is 0 Å². The van der Waals surface area contributed by atoms with Gasteiger partial charge in [-0.2, -0.15) is 0 Å². The van der Waals surface area contributed by atoms with E-state index in [2.05, 4.69) is 18.7 Å². The molecule has 0 bridgehead atoms. The molecule has 1 atom stereocenters. The average Bonchev–Trinajstić information content (AvgIpc) is 2.36. The minimum atomic E-state index is -0.181. The second-order valence-corrected chi connectivity index (χ2v) is 5.93. The molecule has 1 aliphatic heterocycles. The number of rotatable bonds is 4. The first kappa shape index (κ1) is 14.6. The number of hydrogen-bond donors (Lipinski definition) is 0. The Morgan fingerprint density at radius 2 is 2.21 bits per heavy atom. The summed E-state index contributed by atoms with van der Waals surface area (Å²) in [6.07, 6.45) is 1.89. The average molecular weight is 285 g/mol. The van der Waals surface area contributed by atoms with Crippen molar-refractivity contribution >= 4 is 11.6 Å². The van der Waals surface area contributed by atoms with Gasteiger partial charge in [0.15, 0.2) is 0 Å². The number of morpholine rings is 1. The Labute approximate surface area is 118 Å². The molecule has 19 heavy (non-hydrogen) atoms. The van der Waals surface area contributed by atoms with Crippen LogP contribution in [0.4, 0.5) is 0 Å². The third-order valence-corrected chi connectivity index (χ3v) is 3.62. The number of halogens is 1. The van der Waals surface area contributed by atoms with Crippen molar-refractivity contribution in [3.63, 3.8) is 0 Å². The summed E-state index contributed by atoms with van der Waals surface area (Å²) < 4.78 is 7.62. The molecule has 2 rings (SSSR count). The van der Waals surface area contributed by atoms with Crippen molar-refractivity contribution in [2.45, 2.75) is 32.1 Å². The Morgan fingerprint density at radius 3 is 2.89 bits per heavy atom. The summed E-state index contributed by atoms with van der Waals surface area (Å²) in [5, 5.41) is 0. The standard InChI is InChI=1S/C14H21ClN2O2/c1-14(2)11-16(10-12(9-15)19-14)7-8-17-6-4-3-5-13(17)18/h3-6,12H,7-11H2,1-2H3. The Balaban J connectivity index is 1.95. The first-order valence-corrected chi connectivity index (χ1v) is 7.15. The Bertz CT molecular complexity index is 473. The van der Waals surface area contributed by atoms with E-state index in [1.165, 1.54) is 0 Å². The van der Waals surface area contributed by atoms with Crippen LogP contribution >= 0.6 is 11.6 Å². The molecule has 1 aromatic heterocycles. The molecule has 0 aliphatic carbocycles. The van der Waals surface area contributed by atoms with Crippen molar-refractivity contribution in [1.82, 2.24) is 9.47 Å². The first-order chi connectivity index (χ1) is 9.00. The van der Waals surface area contributed by atoms with Crippen molar-refractivity contribution in [1.29, 1.82) is 0 Å². The molecule has 1 aromatic rings. The van der Waals surface area contributed by atoms with Crippen LogP contribution in [0.15, 0.2) is 29.2 Å². The van der Waals surface area contributed by atoms with Crippen LogP contribution < -0.4 is 5.56 Å². The predicted octanol–water partition coefficient (Wildman–Crippen LogP) is 1.57. The van der Waals surface area contributed by atoms with Gasteiger partial charge in [-0.1, -0.05) is 6.07 Å². The molecule has 1 fully saturated rings. The molecule has 1 aliphatic rings. The highest BCUT2D eigenvalue weighted by Gasteiger charge is 2.32. The molecule has 0 aromatic carbocycles. The smallest absolute Gasteiger partial charge is 0.250 e. The van der Waals surface area contributed by atoms with Crippen molar-refractivity contribution in [2.75, 3.05) is 25.5 Å². The van der Waals surface area contributed by atoms with E-state index in [-0.39, 0.29) is 17.3 Å². The maximum absolute atomic E-state index is 11.6. The maximum atomic E-state index is 11.6. The van der Waals surface area contributed by atoms with Crippen LogP contribution in [0.1, 0.15) is 13.8 Å². The highest BCUT2D eigenvalue weighted by molar-refractivity contribution is 6.18. The van der Waals surface area contributed by atoms with Crippen LogP contribution in [-0.4, -0.2) is 46.7 Å². The third-order valence-electron chi connectivity index (χ3n) is 3.28. The summed E-state index contributed by atoms with van der Waals surface area (Å²) >= 11 is 5.91. The Morgan fingerprint density at radius 1 is 1.42 bits per heavy atom. The summed E-state index contributed by atoms with van der Waals surface area (Å²) in [6.45, 7) is 7.38. The molecule has 0 spiro atoms. The van der Waals surface area contributed by atoms with E-state index >= 15 is 0 Å². The predicted molar refractivity (Wildman–Crippen MR) is 76.8 cm³/mol. The number of alkyl halides is 1. The van der Waals surface area contributed by atoms with E-state index in [0.29, 0.717) is 12.4 Å². The van der Waals surface area contributed by atoms with Crippen LogP contribution in [0.25, 0.3) is 0 Å². The van der Waals surface area contributed by atoms with Gasteiger partial charge in [-0.05, 0) is 19.9 Å². The zero-order valence-electron chi connectivity index (χ0n) is 11.5. The lowest BCUT2D eigenvalue weighted by Gasteiger charge is -2.42. The summed E-state index contributed by atoms with van der Waals surface area (Å²) in [7, 11) is 0. The van der Waals surface area contributed by atoms with Gasteiger partial charge in [0.05, 0.1) is 11.7 Å². The van der Waals surface area contributed by atoms with Gasteiger partial charge in [-0.15, -0.1) is 11.6 Å². The Hall–Kier alpha value is -0.840. The highest BCUT2D eigenvalue weighted by atomic mass is 35.5. The van der Waals surface area contributed by atoms with Crippen molar-refractivity contribution in [3.8, 4) is 0 Å². The second-order valence-electron chi connectivity index (χ2n) is 5.62. The minimum Gasteiger partial charge on any atom is -0.368 e. The van der Waals surface area contributed by atoms with Crippen LogP contribution in [0.3, 0.4) is 0 Å². The summed E-state index contributed by atoms with van der Waals surface area (Å²) in [5.74, 6) is 0.505. The molecule has 4 nitrogen and oxygen atoms in total. The number of pyridine rings is 1. The fourth-order valence-corrected chi connectivity index (χ4v) is 2.72. The summed E-state index contributed by atoms with van der Waals surface area (Å²) in [6, 6.07) is 5.23. The van der Waals surface area contributed by atoms with Crippen molar-refractivity contribution < 1.29 is 4.74 Å².